The van der Waals surface area contributed by atoms with Gasteiger partial charge in [0.1, 0.15) is 5.75 Å². The fraction of sp³-hybridized carbons (Fsp3) is 0.278. The summed E-state index contributed by atoms with van der Waals surface area (Å²) in [5.41, 5.74) is 2.65. The first-order valence-electron chi connectivity index (χ1n) is 7.49. The first-order chi connectivity index (χ1) is 11.0. The van der Waals surface area contributed by atoms with E-state index in [2.05, 4.69) is 5.32 Å². The Balaban J connectivity index is 2.23. The van der Waals surface area contributed by atoms with Crippen molar-refractivity contribution in [3.8, 4) is 11.5 Å². The van der Waals surface area contributed by atoms with E-state index >= 15 is 0 Å². The third kappa shape index (κ3) is 4.23. The minimum absolute atomic E-state index is 0.0789. The highest BCUT2D eigenvalue weighted by Crippen LogP contribution is 2.33. The maximum atomic E-state index is 12.1. The predicted molar refractivity (Wildman–Crippen MR) is 91.2 cm³/mol. The van der Waals surface area contributed by atoms with Crippen LogP contribution < -0.4 is 10.1 Å². The van der Waals surface area contributed by atoms with Crippen LogP contribution in [0.15, 0.2) is 42.5 Å². The SMILES string of the molecule is Cc1cccc(C)c1Oc1ccccc1NC(=O)N(C)CCO. The molecule has 0 saturated heterocycles. The van der Waals surface area contributed by atoms with E-state index in [1.54, 1.807) is 13.1 Å². The van der Waals surface area contributed by atoms with Crippen LogP contribution in [0, 0.1) is 13.8 Å². The second kappa shape index (κ2) is 7.65. The van der Waals surface area contributed by atoms with Crippen molar-refractivity contribution >= 4 is 11.7 Å². The molecule has 2 aromatic rings. The first kappa shape index (κ1) is 16.8. The monoisotopic (exact) mass is 314 g/mol. The van der Waals surface area contributed by atoms with Crippen molar-refractivity contribution in [3.63, 3.8) is 0 Å². The quantitative estimate of drug-likeness (QED) is 0.887. The van der Waals surface area contributed by atoms with Gasteiger partial charge in [-0.2, -0.15) is 0 Å². The molecule has 0 unspecified atom stereocenters. The van der Waals surface area contributed by atoms with Gasteiger partial charge < -0.3 is 20.1 Å². The molecule has 0 aliphatic carbocycles. The highest BCUT2D eigenvalue weighted by Gasteiger charge is 2.13. The van der Waals surface area contributed by atoms with Crippen LogP contribution in [0.2, 0.25) is 0 Å². The number of anilines is 1. The smallest absolute Gasteiger partial charge is 0.321 e. The number of aliphatic hydroxyl groups is 1. The number of hydrogen-bond donors (Lipinski definition) is 2. The second-order valence-corrected chi connectivity index (χ2v) is 5.39. The highest BCUT2D eigenvalue weighted by molar-refractivity contribution is 5.90. The molecule has 2 amide bonds. The van der Waals surface area contributed by atoms with Gasteiger partial charge in [-0.3, -0.25) is 0 Å². The summed E-state index contributed by atoms with van der Waals surface area (Å²) in [5.74, 6) is 1.37. The predicted octanol–water partition coefficient (Wildman–Crippen LogP) is 3.55. The zero-order valence-electron chi connectivity index (χ0n) is 13.7. The molecule has 2 N–H and O–H groups in total. The molecule has 5 nitrogen and oxygen atoms in total. The van der Waals surface area contributed by atoms with Crippen molar-refractivity contribution in [1.29, 1.82) is 0 Å². The molecule has 0 spiro atoms. The van der Waals surface area contributed by atoms with Crippen LogP contribution >= 0.6 is 0 Å². The second-order valence-electron chi connectivity index (χ2n) is 5.39. The van der Waals surface area contributed by atoms with Gasteiger partial charge in [0.25, 0.3) is 0 Å². The van der Waals surface area contributed by atoms with Gasteiger partial charge in [-0.15, -0.1) is 0 Å². The number of urea groups is 1. The fourth-order valence-electron chi connectivity index (χ4n) is 2.19. The number of hydrogen-bond acceptors (Lipinski definition) is 3. The van der Waals surface area contributed by atoms with Gasteiger partial charge in [0.05, 0.1) is 12.3 Å². The van der Waals surface area contributed by atoms with Gasteiger partial charge in [-0.05, 0) is 37.1 Å². The zero-order chi connectivity index (χ0) is 16.8. The lowest BCUT2D eigenvalue weighted by Gasteiger charge is -2.19. The highest BCUT2D eigenvalue weighted by atomic mass is 16.5. The molecule has 0 aliphatic heterocycles. The molecule has 122 valence electrons. The molecular formula is C18H22N2O3. The van der Waals surface area contributed by atoms with Crippen molar-refractivity contribution < 1.29 is 14.6 Å². The molecule has 0 aromatic heterocycles. The molecule has 0 aliphatic rings. The van der Waals surface area contributed by atoms with Crippen molar-refractivity contribution in [2.24, 2.45) is 0 Å². The molecule has 0 heterocycles. The average Bonchev–Trinajstić information content (AvgIpc) is 2.52. The van der Waals surface area contributed by atoms with E-state index in [-0.39, 0.29) is 19.2 Å². The molecule has 23 heavy (non-hydrogen) atoms. The van der Waals surface area contributed by atoms with Gasteiger partial charge in [0.2, 0.25) is 0 Å². The lowest BCUT2D eigenvalue weighted by atomic mass is 10.1. The van der Waals surface area contributed by atoms with Crippen molar-refractivity contribution in [2.45, 2.75) is 13.8 Å². The molecule has 0 fully saturated rings. The Morgan fingerprint density at radius 2 is 1.78 bits per heavy atom. The maximum absolute atomic E-state index is 12.1. The van der Waals surface area contributed by atoms with Crippen LogP contribution in [0.25, 0.3) is 0 Å². The molecule has 2 rings (SSSR count). The summed E-state index contributed by atoms with van der Waals surface area (Å²) < 4.78 is 6.03. The number of ether oxygens (including phenoxy) is 1. The maximum Gasteiger partial charge on any atom is 0.321 e. The third-order valence-corrected chi connectivity index (χ3v) is 3.53. The minimum Gasteiger partial charge on any atom is -0.455 e. The lowest BCUT2D eigenvalue weighted by molar-refractivity contribution is 0.202. The number of carbonyl (C=O) groups excluding carboxylic acids is 1. The summed E-state index contributed by atoms with van der Waals surface area (Å²) in [4.78, 5) is 13.5. The summed E-state index contributed by atoms with van der Waals surface area (Å²) in [6, 6.07) is 12.9. The summed E-state index contributed by atoms with van der Waals surface area (Å²) in [7, 11) is 1.63. The van der Waals surface area contributed by atoms with Gasteiger partial charge in [-0.1, -0.05) is 30.3 Å². The summed E-state index contributed by atoms with van der Waals surface area (Å²) >= 11 is 0. The Morgan fingerprint density at radius 3 is 2.43 bits per heavy atom. The molecule has 5 heteroatoms. The summed E-state index contributed by atoms with van der Waals surface area (Å²) in [6.07, 6.45) is 0. The van der Waals surface area contributed by atoms with Gasteiger partial charge in [0.15, 0.2) is 5.75 Å². The van der Waals surface area contributed by atoms with E-state index in [0.29, 0.717) is 11.4 Å². The van der Waals surface area contributed by atoms with Crippen molar-refractivity contribution in [2.75, 3.05) is 25.5 Å². The Hall–Kier alpha value is -2.53. The van der Waals surface area contributed by atoms with Gasteiger partial charge in [0, 0.05) is 13.6 Å². The van der Waals surface area contributed by atoms with Crippen molar-refractivity contribution in [1.82, 2.24) is 4.90 Å². The molecule has 0 bridgehead atoms. The standard InChI is InChI=1S/C18H22N2O3/c1-13-7-6-8-14(2)17(13)23-16-10-5-4-9-15(16)19-18(22)20(3)11-12-21/h4-10,21H,11-12H2,1-3H3,(H,19,22). The van der Waals surface area contributed by atoms with E-state index in [9.17, 15) is 4.79 Å². The molecule has 2 aromatic carbocycles. The number of nitrogens with one attached hydrogen (secondary N) is 1. The third-order valence-electron chi connectivity index (χ3n) is 3.53. The molecular weight excluding hydrogens is 292 g/mol. The van der Waals surface area contributed by atoms with Crippen LogP contribution in [0.1, 0.15) is 11.1 Å². The molecule has 0 radical (unpaired) electrons. The Labute approximate surface area is 136 Å². The van der Waals surface area contributed by atoms with Crippen LogP contribution in [0.5, 0.6) is 11.5 Å². The number of rotatable bonds is 5. The normalized spacial score (nSPS) is 10.3. The average molecular weight is 314 g/mol. The summed E-state index contributed by atoms with van der Waals surface area (Å²) in [6.45, 7) is 4.16. The Bertz CT molecular complexity index is 665. The van der Waals surface area contributed by atoms with Crippen LogP contribution in [0.4, 0.5) is 10.5 Å². The lowest BCUT2D eigenvalue weighted by Crippen LogP contribution is -2.33. The van der Waals surface area contributed by atoms with Gasteiger partial charge >= 0.3 is 6.03 Å². The molecule has 0 saturated carbocycles. The zero-order valence-corrected chi connectivity index (χ0v) is 13.7. The fourth-order valence-corrected chi connectivity index (χ4v) is 2.19. The van der Waals surface area contributed by atoms with Crippen LogP contribution in [-0.4, -0.2) is 36.2 Å². The Morgan fingerprint density at radius 1 is 1.13 bits per heavy atom. The van der Waals surface area contributed by atoms with E-state index in [4.69, 9.17) is 9.84 Å². The largest absolute Gasteiger partial charge is 0.455 e. The minimum atomic E-state index is -0.295. The topological polar surface area (TPSA) is 61.8 Å². The number of aliphatic hydroxyl groups excluding tert-OH is 1. The van der Waals surface area contributed by atoms with Crippen molar-refractivity contribution in [3.05, 3.63) is 53.6 Å². The number of benzene rings is 2. The van der Waals surface area contributed by atoms with Crippen LogP contribution in [0.3, 0.4) is 0 Å². The van der Waals surface area contributed by atoms with E-state index in [1.807, 2.05) is 50.2 Å². The van der Waals surface area contributed by atoms with E-state index in [1.165, 1.54) is 4.90 Å². The molecule has 0 atom stereocenters. The summed E-state index contributed by atoms with van der Waals surface area (Å²) in [5, 5.41) is 11.7. The number of amides is 2. The number of nitrogens with zero attached hydrogens (tertiary/aromatic N) is 1. The van der Waals surface area contributed by atoms with E-state index < -0.39 is 0 Å². The number of likely N-dealkylation sites (N-methyl/N-ethyl adjacent to an activating group) is 1. The van der Waals surface area contributed by atoms with Crippen LogP contribution in [-0.2, 0) is 0 Å². The number of para-hydroxylation sites is 3. The number of carbonyl (C=O) groups is 1. The first-order valence-corrected chi connectivity index (χ1v) is 7.49. The number of aryl methyl sites for hydroxylation is 2. The van der Waals surface area contributed by atoms with E-state index in [0.717, 1.165) is 16.9 Å². The van der Waals surface area contributed by atoms with Gasteiger partial charge in [-0.25, -0.2) is 4.79 Å². The Kier molecular flexibility index (Phi) is 5.60.